The van der Waals surface area contributed by atoms with Gasteiger partial charge in [-0.3, -0.25) is 10.1 Å². The molecule has 0 fully saturated rings. The minimum Gasteiger partial charge on any atom is -0.380 e. The normalized spacial score (nSPS) is 13.8. The maximum atomic E-state index is 13.9. The molecule has 0 aliphatic rings. The van der Waals surface area contributed by atoms with E-state index in [1.807, 2.05) is 5.92 Å². The summed E-state index contributed by atoms with van der Waals surface area (Å²) in [6.07, 6.45) is -5.14. The number of hydrogen-bond acceptors (Lipinski definition) is 4. The molecule has 0 saturated heterocycles. The van der Waals surface area contributed by atoms with Gasteiger partial charge in [0.25, 0.3) is 11.3 Å². The van der Waals surface area contributed by atoms with Gasteiger partial charge in [-0.1, -0.05) is 17.5 Å². The highest BCUT2D eigenvalue weighted by Gasteiger charge is 2.55. The minimum atomic E-state index is -5.14. The lowest BCUT2D eigenvalue weighted by Crippen LogP contribution is -2.42. The van der Waals surface area contributed by atoms with Crippen LogP contribution in [-0.2, 0) is 5.60 Å². The van der Waals surface area contributed by atoms with Crippen LogP contribution in [0.15, 0.2) is 42.5 Å². The summed E-state index contributed by atoms with van der Waals surface area (Å²) in [5, 5.41) is 24.2. The molecule has 0 bridgehead atoms. The SMILES string of the molecule is CC(C)(C)Nc1ccc(Cl)cc1C(O)(C#Cc1ccc([N+](=O)[O-])cc1)C(F)(F)F. The third kappa shape index (κ3) is 5.40. The lowest BCUT2D eigenvalue weighted by Gasteiger charge is -2.31. The summed E-state index contributed by atoms with van der Waals surface area (Å²) in [5.74, 6) is 4.14. The Morgan fingerprint density at radius 1 is 1.10 bits per heavy atom. The van der Waals surface area contributed by atoms with Crippen molar-refractivity contribution in [2.45, 2.75) is 38.1 Å². The zero-order chi connectivity index (χ0) is 22.0. The highest BCUT2D eigenvalue weighted by atomic mass is 35.5. The molecular formula is C20H18ClF3N2O3. The molecular weight excluding hydrogens is 409 g/mol. The minimum absolute atomic E-state index is 0.000676. The van der Waals surface area contributed by atoms with Gasteiger partial charge in [-0.25, -0.2) is 0 Å². The number of halogens is 4. The molecule has 2 N–H and O–H groups in total. The molecule has 0 aliphatic heterocycles. The molecule has 1 atom stereocenters. The second-order valence-electron chi connectivity index (χ2n) is 7.33. The van der Waals surface area contributed by atoms with Crippen molar-refractivity contribution in [2.24, 2.45) is 0 Å². The van der Waals surface area contributed by atoms with Gasteiger partial charge >= 0.3 is 6.18 Å². The fourth-order valence-corrected chi connectivity index (χ4v) is 2.62. The summed E-state index contributed by atoms with van der Waals surface area (Å²) in [7, 11) is 0. The molecule has 0 spiro atoms. The third-order valence-corrected chi connectivity index (χ3v) is 3.99. The van der Waals surface area contributed by atoms with E-state index in [0.29, 0.717) is 0 Å². The van der Waals surface area contributed by atoms with Crippen LogP contribution >= 0.6 is 11.6 Å². The molecule has 0 radical (unpaired) electrons. The molecule has 0 amide bonds. The Bertz CT molecular complexity index is 974. The lowest BCUT2D eigenvalue weighted by molar-refractivity contribution is -0.384. The summed E-state index contributed by atoms with van der Waals surface area (Å²) in [6.45, 7) is 5.25. The van der Waals surface area contributed by atoms with Crippen LogP contribution in [-0.4, -0.2) is 21.7 Å². The molecule has 154 valence electrons. The van der Waals surface area contributed by atoms with Crippen LogP contribution in [0.2, 0.25) is 5.02 Å². The van der Waals surface area contributed by atoms with Crippen molar-refractivity contribution in [1.29, 1.82) is 0 Å². The van der Waals surface area contributed by atoms with Gasteiger partial charge in [-0.05, 0) is 57.0 Å². The van der Waals surface area contributed by atoms with Gasteiger partial charge in [0.05, 0.1) is 4.92 Å². The maximum Gasteiger partial charge on any atom is 0.433 e. The number of benzene rings is 2. The Balaban J connectivity index is 2.61. The van der Waals surface area contributed by atoms with Crippen LogP contribution < -0.4 is 5.32 Å². The molecule has 0 aliphatic carbocycles. The van der Waals surface area contributed by atoms with Crippen molar-refractivity contribution in [2.75, 3.05) is 5.32 Å². The second-order valence-corrected chi connectivity index (χ2v) is 7.76. The highest BCUT2D eigenvalue weighted by Crippen LogP contribution is 2.43. The average molecular weight is 427 g/mol. The number of rotatable bonds is 3. The number of nitrogens with zero attached hydrogens (tertiary/aromatic N) is 1. The van der Waals surface area contributed by atoms with E-state index >= 15 is 0 Å². The molecule has 1 unspecified atom stereocenters. The third-order valence-electron chi connectivity index (χ3n) is 3.76. The molecule has 0 saturated carbocycles. The molecule has 2 aromatic carbocycles. The van der Waals surface area contributed by atoms with Gasteiger partial charge in [-0.2, -0.15) is 13.2 Å². The maximum absolute atomic E-state index is 13.9. The van der Waals surface area contributed by atoms with E-state index in [1.165, 1.54) is 24.3 Å². The largest absolute Gasteiger partial charge is 0.433 e. The van der Waals surface area contributed by atoms with Gasteiger partial charge in [-0.15, -0.1) is 0 Å². The predicted molar refractivity (Wildman–Crippen MR) is 105 cm³/mol. The summed E-state index contributed by atoms with van der Waals surface area (Å²) >= 11 is 5.89. The zero-order valence-electron chi connectivity index (χ0n) is 15.8. The van der Waals surface area contributed by atoms with Crippen LogP contribution in [0.5, 0.6) is 0 Å². The Kier molecular flexibility index (Phi) is 6.16. The van der Waals surface area contributed by atoms with Crippen LogP contribution in [0.4, 0.5) is 24.5 Å². The van der Waals surface area contributed by atoms with Crippen LogP contribution in [0.1, 0.15) is 31.9 Å². The van der Waals surface area contributed by atoms with Crippen LogP contribution in [0.3, 0.4) is 0 Å². The number of aliphatic hydroxyl groups is 1. The van der Waals surface area contributed by atoms with Gasteiger partial charge in [0.2, 0.25) is 0 Å². The number of nitro groups is 1. The van der Waals surface area contributed by atoms with E-state index in [-0.39, 0.29) is 22.0 Å². The van der Waals surface area contributed by atoms with Gasteiger partial charge < -0.3 is 10.4 Å². The van der Waals surface area contributed by atoms with E-state index in [9.17, 15) is 28.4 Å². The van der Waals surface area contributed by atoms with E-state index < -0.39 is 27.8 Å². The molecule has 0 aromatic heterocycles. The number of alkyl halides is 3. The second kappa shape index (κ2) is 7.93. The molecule has 9 heteroatoms. The summed E-state index contributed by atoms with van der Waals surface area (Å²) in [4.78, 5) is 10.1. The van der Waals surface area contributed by atoms with Crippen LogP contribution in [0.25, 0.3) is 0 Å². The molecule has 29 heavy (non-hydrogen) atoms. The van der Waals surface area contributed by atoms with Crippen molar-refractivity contribution in [1.82, 2.24) is 0 Å². The highest BCUT2D eigenvalue weighted by molar-refractivity contribution is 6.30. The zero-order valence-corrected chi connectivity index (χ0v) is 16.5. The fraction of sp³-hybridized carbons (Fsp3) is 0.300. The van der Waals surface area contributed by atoms with Crippen molar-refractivity contribution in [3.05, 3.63) is 68.7 Å². The Morgan fingerprint density at radius 2 is 1.69 bits per heavy atom. The lowest BCUT2D eigenvalue weighted by atomic mass is 9.90. The van der Waals surface area contributed by atoms with Gasteiger partial charge in [0, 0.05) is 39.5 Å². The Hall–Kier alpha value is -2.76. The van der Waals surface area contributed by atoms with Crippen molar-refractivity contribution in [3.8, 4) is 11.8 Å². The smallest absolute Gasteiger partial charge is 0.380 e. The number of nitro benzene ring substituents is 1. The van der Waals surface area contributed by atoms with Gasteiger partial charge in [0.15, 0.2) is 0 Å². The standard InChI is InChI=1S/C20H18ClF3N2O3/c1-18(2,3)25-17-9-6-14(21)12-16(17)19(27,20(22,23)24)11-10-13-4-7-15(8-5-13)26(28)29/h4-9,12,25,27H,1-3H3. The quantitative estimate of drug-likeness (QED) is 0.399. The first-order chi connectivity index (χ1) is 13.2. The van der Waals surface area contributed by atoms with E-state index in [0.717, 1.165) is 18.2 Å². The van der Waals surface area contributed by atoms with Gasteiger partial charge in [0.1, 0.15) is 0 Å². The summed E-state index contributed by atoms with van der Waals surface area (Å²) < 4.78 is 41.7. The number of anilines is 1. The fourth-order valence-electron chi connectivity index (χ4n) is 2.45. The van der Waals surface area contributed by atoms with Crippen molar-refractivity contribution < 1.29 is 23.2 Å². The van der Waals surface area contributed by atoms with Crippen LogP contribution in [0, 0.1) is 22.0 Å². The Morgan fingerprint density at radius 3 is 2.17 bits per heavy atom. The first kappa shape index (κ1) is 22.5. The van der Waals surface area contributed by atoms with E-state index in [1.54, 1.807) is 20.8 Å². The number of nitrogens with one attached hydrogen (secondary N) is 1. The average Bonchev–Trinajstić information content (AvgIpc) is 2.59. The van der Waals surface area contributed by atoms with Crippen molar-refractivity contribution >= 4 is 23.0 Å². The first-order valence-electron chi connectivity index (χ1n) is 8.38. The molecule has 2 aromatic rings. The summed E-state index contributed by atoms with van der Waals surface area (Å²) in [5.41, 5.74) is -4.78. The van der Waals surface area contributed by atoms with E-state index in [4.69, 9.17) is 11.6 Å². The number of hydrogen-bond donors (Lipinski definition) is 2. The molecule has 0 heterocycles. The predicted octanol–water partition coefficient (Wildman–Crippen LogP) is 5.26. The van der Waals surface area contributed by atoms with Crippen molar-refractivity contribution in [3.63, 3.8) is 0 Å². The first-order valence-corrected chi connectivity index (χ1v) is 8.76. The summed E-state index contributed by atoms with van der Waals surface area (Å²) in [6, 6.07) is 8.38. The number of non-ortho nitro benzene ring substituents is 1. The molecule has 5 nitrogen and oxygen atoms in total. The van der Waals surface area contributed by atoms with E-state index in [2.05, 4.69) is 11.2 Å². The topological polar surface area (TPSA) is 75.4 Å². The Labute approximate surface area is 170 Å². The molecule has 2 rings (SSSR count). The monoisotopic (exact) mass is 426 g/mol.